The summed E-state index contributed by atoms with van der Waals surface area (Å²) < 4.78 is 11.8. The fourth-order valence-corrected chi connectivity index (χ4v) is 2.01. The van der Waals surface area contributed by atoms with E-state index in [9.17, 15) is 0 Å². The number of ether oxygens (including phenoxy) is 2. The molecule has 0 bridgehead atoms. The van der Waals surface area contributed by atoms with E-state index in [2.05, 4.69) is 27.0 Å². The predicted octanol–water partition coefficient (Wildman–Crippen LogP) is 3.83. The first kappa shape index (κ1) is 13.4. The first-order chi connectivity index (χ1) is 9.13. The number of hydrogen-bond acceptors (Lipinski definition) is 4. The normalized spacial score (nSPS) is 9.79. The van der Waals surface area contributed by atoms with Crippen LogP contribution in [0.2, 0.25) is 0 Å². The van der Waals surface area contributed by atoms with Crippen molar-refractivity contribution < 1.29 is 9.47 Å². The maximum Gasteiger partial charge on any atom is 0.222 e. The molecule has 0 fully saturated rings. The highest BCUT2D eigenvalue weighted by Gasteiger charge is 2.09. The average Bonchev–Trinajstić information content (AvgIpc) is 2.42. The fourth-order valence-electron chi connectivity index (χ4n) is 1.56. The van der Waals surface area contributed by atoms with E-state index < -0.39 is 0 Å². The van der Waals surface area contributed by atoms with Gasteiger partial charge in [-0.25, -0.2) is 4.98 Å². The van der Waals surface area contributed by atoms with Crippen molar-refractivity contribution in [2.75, 3.05) is 7.11 Å². The van der Waals surface area contributed by atoms with E-state index in [0.29, 0.717) is 22.9 Å². The summed E-state index contributed by atoms with van der Waals surface area (Å²) in [6, 6.07) is 8.97. The number of nitrogens with zero attached hydrogens (tertiary/aromatic N) is 2. The third kappa shape index (κ3) is 3.04. The smallest absolute Gasteiger partial charge is 0.222 e. The second kappa shape index (κ2) is 5.72. The Labute approximate surface area is 119 Å². The van der Waals surface area contributed by atoms with Crippen LogP contribution in [0.1, 0.15) is 11.1 Å². The minimum Gasteiger partial charge on any atom is -0.493 e. The van der Waals surface area contributed by atoms with E-state index in [4.69, 9.17) is 14.7 Å². The van der Waals surface area contributed by atoms with Crippen molar-refractivity contribution in [3.8, 4) is 23.4 Å². The number of methoxy groups -OCH3 is 1. The van der Waals surface area contributed by atoms with E-state index in [0.717, 1.165) is 10.0 Å². The van der Waals surface area contributed by atoms with Gasteiger partial charge in [-0.05, 0) is 41.1 Å². The van der Waals surface area contributed by atoms with Crippen LogP contribution in [-0.2, 0) is 0 Å². The molecule has 1 aromatic carbocycles. The van der Waals surface area contributed by atoms with Crippen molar-refractivity contribution in [1.29, 1.82) is 5.26 Å². The Bertz CT molecular complexity index is 650. The number of nitriles is 1. The molecule has 0 amide bonds. The van der Waals surface area contributed by atoms with E-state index in [1.165, 1.54) is 7.11 Å². The van der Waals surface area contributed by atoms with Gasteiger partial charge in [0, 0.05) is 22.3 Å². The summed E-state index contributed by atoms with van der Waals surface area (Å²) in [5.74, 6) is 1.54. The Hall–Kier alpha value is -2.06. The predicted molar refractivity (Wildman–Crippen MR) is 74.5 cm³/mol. The molecule has 96 valence electrons. The third-order valence-electron chi connectivity index (χ3n) is 2.50. The van der Waals surface area contributed by atoms with Gasteiger partial charge in [0.2, 0.25) is 5.88 Å². The van der Waals surface area contributed by atoms with Crippen molar-refractivity contribution in [2.24, 2.45) is 0 Å². The minimum absolute atomic E-state index is 0.503. The van der Waals surface area contributed by atoms with Gasteiger partial charge >= 0.3 is 0 Å². The van der Waals surface area contributed by atoms with E-state index in [1.54, 1.807) is 24.4 Å². The van der Waals surface area contributed by atoms with Gasteiger partial charge in [0.15, 0.2) is 11.5 Å². The summed E-state index contributed by atoms with van der Waals surface area (Å²) in [7, 11) is 1.53. The molecule has 4 nitrogen and oxygen atoms in total. The van der Waals surface area contributed by atoms with Crippen LogP contribution in [0.4, 0.5) is 0 Å². The van der Waals surface area contributed by atoms with E-state index >= 15 is 0 Å². The molecule has 2 aromatic rings. The molecule has 1 aromatic heterocycles. The molecule has 0 unspecified atom stereocenters. The number of aromatic nitrogens is 1. The van der Waals surface area contributed by atoms with Gasteiger partial charge in [0.1, 0.15) is 0 Å². The highest BCUT2D eigenvalue weighted by molar-refractivity contribution is 9.10. The average molecular weight is 319 g/mol. The summed E-state index contributed by atoms with van der Waals surface area (Å²) in [5.41, 5.74) is 1.42. The molecule has 0 spiro atoms. The van der Waals surface area contributed by atoms with Crippen LogP contribution in [0.3, 0.4) is 0 Å². The summed E-state index contributed by atoms with van der Waals surface area (Å²) in [6.45, 7) is 1.91. The SMILES string of the molecule is COc1cc(C#N)ccc1Oc1ncc(Br)cc1C. The summed E-state index contributed by atoms with van der Waals surface area (Å²) >= 11 is 3.35. The first-order valence-corrected chi connectivity index (χ1v) is 6.31. The highest BCUT2D eigenvalue weighted by Crippen LogP contribution is 2.33. The largest absolute Gasteiger partial charge is 0.493 e. The molecule has 19 heavy (non-hydrogen) atoms. The zero-order valence-electron chi connectivity index (χ0n) is 10.5. The van der Waals surface area contributed by atoms with Crippen molar-refractivity contribution >= 4 is 15.9 Å². The third-order valence-corrected chi connectivity index (χ3v) is 2.93. The van der Waals surface area contributed by atoms with Gasteiger partial charge < -0.3 is 9.47 Å². The zero-order chi connectivity index (χ0) is 13.8. The molecule has 0 N–H and O–H groups in total. The molecule has 0 radical (unpaired) electrons. The van der Waals surface area contributed by atoms with Crippen LogP contribution in [0.15, 0.2) is 34.9 Å². The van der Waals surface area contributed by atoms with Gasteiger partial charge in [0.05, 0.1) is 18.7 Å². The van der Waals surface area contributed by atoms with Crippen LogP contribution in [0.25, 0.3) is 0 Å². The molecular weight excluding hydrogens is 308 g/mol. The number of aryl methyl sites for hydroxylation is 1. The van der Waals surface area contributed by atoms with Crippen LogP contribution in [0, 0.1) is 18.3 Å². The van der Waals surface area contributed by atoms with Crippen molar-refractivity contribution in [3.63, 3.8) is 0 Å². The van der Waals surface area contributed by atoms with E-state index in [-0.39, 0.29) is 0 Å². The van der Waals surface area contributed by atoms with Crippen molar-refractivity contribution in [2.45, 2.75) is 6.92 Å². The van der Waals surface area contributed by atoms with Crippen molar-refractivity contribution in [3.05, 3.63) is 46.1 Å². The summed E-state index contributed by atoms with van der Waals surface area (Å²) in [5, 5.41) is 8.85. The Morgan fingerprint density at radius 3 is 2.68 bits per heavy atom. The van der Waals surface area contributed by atoms with Gasteiger partial charge in [-0.1, -0.05) is 0 Å². The maximum absolute atomic E-state index is 8.85. The van der Waals surface area contributed by atoms with Gasteiger partial charge in [-0.15, -0.1) is 0 Å². The minimum atomic E-state index is 0.503. The lowest BCUT2D eigenvalue weighted by Gasteiger charge is -2.11. The molecule has 0 aliphatic heterocycles. The number of rotatable bonds is 3. The second-order valence-corrected chi connectivity index (χ2v) is 4.77. The number of halogens is 1. The topological polar surface area (TPSA) is 55.1 Å². The molecule has 0 saturated carbocycles. The van der Waals surface area contributed by atoms with Crippen LogP contribution in [0.5, 0.6) is 17.4 Å². The first-order valence-electron chi connectivity index (χ1n) is 5.52. The van der Waals surface area contributed by atoms with Crippen LogP contribution in [-0.4, -0.2) is 12.1 Å². The standard InChI is InChI=1S/C14H11BrN2O2/c1-9-5-11(15)8-17-14(9)19-12-4-3-10(7-16)6-13(12)18-2/h3-6,8H,1-2H3. The molecular formula is C14H11BrN2O2. The Morgan fingerprint density at radius 1 is 1.26 bits per heavy atom. The lowest BCUT2D eigenvalue weighted by molar-refractivity contribution is 0.373. The van der Waals surface area contributed by atoms with E-state index in [1.807, 2.05) is 13.0 Å². The number of hydrogen-bond donors (Lipinski definition) is 0. The highest BCUT2D eigenvalue weighted by atomic mass is 79.9. The molecule has 5 heteroatoms. The van der Waals surface area contributed by atoms with Gasteiger partial charge in [-0.2, -0.15) is 5.26 Å². The molecule has 0 aliphatic carbocycles. The Morgan fingerprint density at radius 2 is 2.05 bits per heavy atom. The maximum atomic E-state index is 8.85. The zero-order valence-corrected chi connectivity index (χ0v) is 12.1. The fraction of sp³-hybridized carbons (Fsp3) is 0.143. The van der Waals surface area contributed by atoms with Crippen molar-refractivity contribution in [1.82, 2.24) is 4.98 Å². The number of benzene rings is 1. The Balaban J connectivity index is 2.35. The molecule has 1 heterocycles. The number of pyridine rings is 1. The summed E-state index contributed by atoms with van der Waals surface area (Å²) in [4.78, 5) is 4.20. The van der Waals surface area contributed by atoms with Crippen LogP contribution >= 0.6 is 15.9 Å². The lowest BCUT2D eigenvalue weighted by atomic mass is 10.2. The molecule has 0 atom stereocenters. The van der Waals surface area contributed by atoms with Gasteiger partial charge in [0.25, 0.3) is 0 Å². The molecule has 2 rings (SSSR count). The van der Waals surface area contributed by atoms with Crippen LogP contribution < -0.4 is 9.47 Å². The monoisotopic (exact) mass is 318 g/mol. The van der Waals surface area contributed by atoms with Gasteiger partial charge in [-0.3, -0.25) is 0 Å². The summed E-state index contributed by atoms with van der Waals surface area (Å²) in [6.07, 6.45) is 1.67. The Kier molecular flexibility index (Phi) is 4.03. The second-order valence-electron chi connectivity index (χ2n) is 3.86. The quantitative estimate of drug-likeness (QED) is 0.863. The lowest BCUT2D eigenvalue weighted by Crippen LogP contribution is -1.94. The molecule has 0 saturated heterocycles. The molecule has 0 aliphatic rings.